The Balaban J connectivity index is 1.70. The molecule has 1 aliphatic heterocycles. The molecule has 10 heteroatoms. The van der Waals surface area contributed by atoms with Gasteiger partial charge in [-0.2, -0.15) is 13.2 Å². The maximum absolute atomic E-state index is 12.6. The van der Waals surface area contributed by atoms with Crippen LogP contribution in [-0.4, -0.2) is 39.1 Å². The number of rotatable bonds is 3. The molecule has 24 heavy (non-hydrogen) atoms. The van der Waals surface area contributed by atoms with Gasteiger partial charge in [0.1, 0.15) is 17.7 Å². The number of alkyl halides is 3. The molecule has 3 rings (SSSR count). The van der Waals surface area contributed by atoms with Gasteiger partial charge in [0.25, 0.3) is 0 Å². The van der Waals surface area contributed by atoms with Crippen LogP contribution in [-0.2, 0) is 6.18 Å². The topological polar surface area (TPSA) is 79.2 Å². The van der Waals surface area contributed by atoms with E-state index in [-0.39, 0.29) is 11.5 Å². The first-order valence-electron chi connectivity index (χ1n) is 7.17. The summed E-state index contributed by atoms with van der Waals surface area (Å²) >= 11 is 1.02. The Morgan fingerprint density at radius 1 is 1.33 bits per heavy atom. The first-order chi connectivity index (χ1) is 11.4. The second kappa shape index (κ2) is 6.34. The Kier molecular flexibility index (Phi) is 4.39. The van der Waals surface area contributed by atoms with Crippen molar-refractivity contribution in [2.45, 2.75) is 24.9 Å². The third kappa shape index (κ3) is 3.32. The molecular formula is C14H13F3N4O2S. The number of hydrogen-bond donors (Lipinski definition) is 1. The third-order valence-corrected chi connectivity index (χ3v) is 4.88. The lowest BCUT2D eigenvalue weighted by Gasteiger charge is -2.32. The molecule has 3 heterocycles. The molecular weight excluding hydrogens is 345 g/mol. The lowest BCUT2D eigenvalue weighted by Crippen LogP contribution is -2.34. The van der Waals surface area contributed by atoms with Crippen LogP contribution in [0.25, 0.3) is 0 Å². The minimum absolute atomic E-state index is 0.0181. The molecule has 0 bridgehead atoms. The number of carbonyl (C=O) groups is 1. The quantitative estimate of drug-likeness (QED) is 0.909. The molecule has 0 spiro atoms. The zero-order valence-corrected chi connectivity index (χ0v) is 13.1. The number of carboxylic acids is 1. The fourth-order valence-corrected chi connectivity index (χ4v) is 3.67. The summed E-state index contributed by atoms with van der Waals surface area (Å²) < 4.78 is 37.9. The molecule has 0 saturated carbocycles. The highest BCUT2D eigenvalue weighted by molar-refractivity contribution is 7.09. The molecule has 1 fully saturated rings. The van der Waals surface area contributed by atoms with Crippen molar-refractivity contribution in [3.8, 4) is 0 Å². The van der Waals surface area contributed by atoms with Gasteiger partial charge >= 0.3 is 12.1 Å². The minimum Gasteiger partial charge on any atom is -0.477 e. The van der Waals surface area contributed by atoms with E-state index in [2.05, 4.69) is 15.0 Å². The average molecular weight is 358 g/mol. The van der Waals surface area contributed by atoms with Crippen LogP contribution in [0.3, 0.4) is 0 Å². The van der Waals surface area contributed by atoms with Crippen molar-refractivity contribution < 1.29 is 23.1 Å². The van der Waals surface area contributed by atoms with E-state index in [4.69, 9.17) is 0 Å². The molecule has 0 amide bonds. The normalized spacial score (nSPS) is 16.4. The van der Waals surface area contributed by atoms with Crippen molar-refractivity contribution in [2.24, 2.45) is 0 Å². The number of thiazole rings is 1. The Morgan fingerprint density at radius 3 is 2.62 bits per heavy atom. The van der Waals surface area contributed by atoms with Crippen molar-refractivity contribution >= 4 is 23.1 Å². The summed E-state index contributed by atoms with van der Waals surface area (Å²) in [6.45, 7) is 1.01. The van der Waals surface area contributed by atoms with E-state index in [9.17, 15) is 23.1 Å². The summed E-state index contributed by atoms with van der Waals surface area (Å²) in [6.07, 6.45) is -0.716. The van der Waals surface area contributed by atoms with Crippen LogP contribution in [0.5, 0.6) is 0 Å². The molecule has 0 radical (unpaired) electrons. The van der Waals surface area contributed by atoms with Crippen LogP contribution in [0, 0.1) is 0 Å². The number of aromatic carboxylic acids is 1. The third-order valence-electron chi connectivity index (χ3n) is 3.88. The van der Waals surface area contributed by atoms with E-state index in [0.29, 0.717) is 36.8 Å². The van der Waals surface area contributed by atoms with Gasteiger partial charge < -0.3 is 10.0 Å². The van der Waals surface area contributed by atoms with Gasteiger partial charge in [0.2, 0.25) is 0 Å². The Labute approximate surface area is 139 Å². The second-order valence-electron chi connectivity index (χ2n) is 5.40. The fraction of sp³-hybridized carbons (Fsp3) is 0.429. The maximum Gasteiger partial charge on any atom is 0.434 e. The monoisotopic (exact) mass is 358 g/mol. The molecule has 0 aliphatic carbocycles. The number of hydrogen-bond acceptors (Lipinski definition) is 6. The SMILES string of the molecule is O=C(O)c1cncnc1N1CCC(c2nc(C(F)(F)F)cs2)CC1. The molecule has 1 N–H and O–H groups in total. The summed E-state index contributed by atoms with van der Waals surface area (Å²) in [4.78, 5) is 24.5. The van der Waals surface area contributed by atoms with Crippen LogP contribution in [0.1, 0.15) is 39.8 Å². The zero-order valence-electron chi connectivity index (χ0n) is 12.3. The maximum atomic E-state index is 12.6. The van der Waals surface area contributed by atoms with Crippen molar-refractivity contribution in [2.75, 3.05) is 18.0 Å². The lowest BCUT2D eigenvalue weighted by molar-refractivity contribution is -0.140. The first-order valence-corrected chi connectivity index (χ1v) is 8.05. The number of halogens is 3. The van der Waals surface area contributed by atoms with Crippen LogP contribution in [0.15, 0.2) is 17.9 Å². The average Bonchev–Trinajstić information content (AvgIpc) is 3.05. The number of nitrogens with zero attached hydrogens (tertiary/aromatic N) is 4. The van der Waals surface area contributed by atoms with Gasteiger partial charge in [-0.05, 0) is 12.8 Å². The van der Waals surface area contributed by atoms with Crippen molar-refractivity contribution in [3.63, 3.8) is 0 Å². The largest absolute Gasteiger partial charge is 0.477 e. The van der Waals surface area contributed by atoms with Gasteiger partial charge in [-0.15, -0.1) is 11.3 Å². The smallest absolute Gasteiger partial charge is 0.434 e. The summed E-state index contributed by atoms with van der Waals surface area (Å²) in [5.74, 6) is -0.828. The molecule has 1 aliphatic rings. The van der Waals surface area contributed by atoms with E-state index in [1.807, 2.05) is 4.90 Å². The van der Waals surface area contributed by atoms with Gasteiger partial charge in [-0.25, -0.2) is 19.7 Å². The minimum atomic E-state index is -4.42. The van der Waals surface area contributed by atoms with Gasteiger partial charge in [0, 0.05) is 30.6 Å². The van der Waals surface area contributed by atoms with E-state index >= 15 is 0 Å². The predicted molar refractivity (Wildman–Crippen MR) is 80.3 cm³/mol. The fourth-order valence-electron chi connectivity index (χ4n) is 2.67. The van der Waals surface area contributed by atoms with Gasteiger partial charge in [0.05, 0.1) is 5.01 Å². The van der Waals surface area contributed by atoms with Gasteiger partial charge in [-0.3, -0.25) is 0 Å². The zero-order chi connectivity index (χ0) is 17.3. The van der Waals surface area contributed by atoms with Crippen molar-refractivity contribution in [3.05, 3.63) is 34.2 Å². The molecule has 6 nitrogen and oxygen atoms in total. The summed E-state index contributed by atoms with van der Waals surface area (Å²) in [5, 5.41) is 10.7. The molecule has 0 unspecified atom stereocenters. The lowest BCUT2D eigenvalue weighted by atomic mass is 9.97. The highest BCUT2D eigenvalue weighted by atomic mass is 32.1. The van der Waals surface area contributed by atoms with E-state index in [0.717, 1.165) is 16.7 Å². The number of piperidine rings is 1. The van der Waals surface area contributed by atoms with Crippen LogP contribution >= 0.6 is 11.3 Å². The summed E-state index contributed by atoms with van der Waals surface area (Å²) in [6, 6.07) is 0. The van der Waals surface area contributed by atoms with Crippen LogP contribution in [0.2, 0.25) is 0 Å². The molecule has 2 aromatic rings. The molecule has 128 valence electrons. The van der Waals surface area contributed by atoms with E-state index < -0.39 is 17.8 Å². The standard InChI is InChI=1S/C14H13F3N4O2S/c15-14(16,17)10-6-24-12(20-10)8-1-3-21(4-2-8)11-9(13(22)23)5-18-7-19-11/h5-8H,1-4H2,(H,22,23). The van der Waals surface area contributed by atoms with Crippen molar-refractivity contribution in [1.82, 2.24) is 15.0 Å². The van der Waals surface area contributed by atoms with Crippen LogP contribution in [0.4, 0.5) is 19.0 Å². The summed E-state index contributed by atoms with van der Waals surface area (Å²) in [7, 11) is 0. The molecule has 2 aromatic heterocycles. The Bertz CT molecular complexity index is 742. The number of carboxylic acid groups (broad SMARTS) is 1. The van der Waals surface area contributed by atoms with Crippen molar-refractivity contribution in [1.29, 1.82) is 0 Å². The first kappa shape index (κ1) is 16.6. The van der Waals surface area contributed by atoms with Gasteiger partial charge in [0.15, 0.2) is 5.69 Å². The summed E-state index contributed by atoms with van der Waals surface area (Å²) in [5.41, 5.74) is -0.835. The second-order valence-corrected chi connectivity index (χ2v) is 6.28. The highest BCUT2D eigenvalue weighted by Crippen LogP contribution is 2.36. The highest BCUT2D eigenvalue weighted by Gasteiger charge is 2.35. The molecule has 0 atom stereocenters. The van der Waals surface area contributed by atoms with E-state index in [1.54, 1.807) is 0 Å². The Morgan fingerprint density at radius 2 is 2.04 bits per heavy atom. The van der Waals surface area contributed by atoms with Gasteiger partial charge in [-0.1, -0.05) is 0 Å². The number of aromatic nitrogens is 3. The van der Waals surface area contributed by atoms with Crippen LogP contribution < -0.4 is 4.90 Å². The van der Waals surface area contributed by atoms with E-state index in [1.165, 1.54) is 12.5 Å². The Hall–Kier alpha value is -2.23. The molecule has 1 saturated heterocycles. The molecule has 0 aromatic carbocycles. The predicted octanol–water partition coefficient (Wildman–Crippen LogP) is 3.03. The number of anilines is 1.